The Morgan fingerprint density at radius 2 is 1.88 bits per heavy atom. The number of nitrogens with zero attached hydrogens (tertiary/aromatic N) is 3. The largest absolute Gasteiger partial charge is 0.393 e. The van der Waals surface area contributed by atoms with Crippen molar-refractivity contribution in [2.75, 3.05) is 22.6 Å². The molecule has 5 rings (SSSR count). The van der Waals surface area contributed by atoms with Gasteiger partial charge in [0.1, 0.15) is 12.0 Å². The number of benzene rings is 2. The average Bonchev–Trinajstić information content (AvgIpc) is 3.00. The van der Waals surface area contributed by atoms with Crippen molar-refractivity contribution in [3.8, 4) is 0 Å². The van der Waals surface area contributed by atoms with Crippen LogP contribution in [0, 0.1) is 10.8 Å². The Hall–Kier alpha value is -3.35. The van der Waals surface area contributed by atoms with Crippen LogP contribution >= 0.6 is 0 Å². The van der Waals surface area contributed by atoms with Crippen molar-refractivity contribution in [3.63, 3.8) is 0 Å². The van der Waals surface area contributed by atoms with Gasteiger partial charge in [-0.3, -0.25) is 15.6 Å². The Morgan fingerprint density at radius 1 is 1.09 bits per heavy atom. The second-order valence-corrected chi connectivity index (χ2v) is 10.4. The average molecular weight is 431 g/mol. The summed E-state index contributed by atoms with van der Waals surface area (Å²) < 4.78 is 0. The molecule has 3 aromatic rings. The minimum absolute atomic E-state index is 0.243. The Bertz CT molecular complexity index is 1190. The topological polar surface area (TPSA) is 96.2 Å². The molecule has 7 nitrogen and oxygen atoms in total. The molecule has 2 aromatic carbocycles. The van der Waals surface area contributed by atoms with Gasteiger partial charge < -0.3 is 10.6 Å². The van der Waals surface area contributed by atoms with E-state index >= 15 is 0 Å². The second-order valence-electron chi connectivity index (χ2n) is 10.4. The number of aromatic nitrogens is 2. The summed E-state index contributed by atoms with van der Waals surface area (Å²) in [6.07, 6.45) is 4.98. The highest BCUT2D eigenvalue weighted by Crippen LogP contribution is 2.53. The van der Waals surface area contributed by atoms with E-state index < -0.39 is 0 Å². The molecule has 1 aliphatic carbocycles. The summed E-state index contributed by atoms with van der Waals surface area (Å²) in [4.78, 5) is 24.0. The summed E-state index contributed by atoms with van der Waals surface area (Å²) >= 11 is 0. The molecule has 1 aliphatic heterocycles. The molecule has 2 atom stereocenters. The number of fused-ring (bicyclic) bond motifs is 3. The summed E-state index contributed by atoms with van der Waals surface area (Å²) in [5.74, 6) is 0.912. The molecule has 1 amide bonds. The van der Waals surface area contributed by atoms with Crippen LogP contribution < -0.4 is 21.5 Å². The monoisotopic (exact) mass is 430 g/mol. The number of hydrazine groups is 1. The van der Waals surface area contributed by atoms with Gasteiger partial charge in [0.25, 0.3) is 5.91 Å². The number of rotatable bonds is 4. The first-order valence-corrected chi connectivity index (χ1v) is 11.2. The zero-order chi connectivity index (χ0) is 22.5. The Balaban J connectivity index is 1.36. The lowest BCUT2D eigenvalue weighted by atomic mass is 9.65. The number of carbonyl (C=O) groups is 1. The summed E-state index contributed by atoms with van der Waals surface area (Å²) in [7, 11) is 0. The SMILES string of the molecule is CC1(C)CC2CC(C)(CN2c2ncnc(NNC(=O)c3cccc4ccccc34)c2N)C1. The van der Waals surface area contributed by atoms with E-state index in [-0.39, 0.29) is 11.3 Å². The number of hydrogen-bond acceptors (Lipinski definition) is 6. The lowest BCUT2D eigenvalue weighted by molar-refractivity contribution is 0.0964. The fourth-order valence-corrected chi connectivity index (χ4v) is 6.03. The first-order chi connectivity index (χ1) is 15.2. The number of anilines is 3. The first-order valence-electron chi connectivity index (χ1n) is 11.2. The first kappa shape index (κ1) is 20.5. The van der Waals surface area contributed by atoms with Gasteiger partial charge in [-0.25, -0.2) is 9.97 Å². The van der Waals surface area contributed by atoms with E-state index in [0.29, 0.717) is 28.5 Å². The van der Waals surface area contributed by atoms with Crippen molar-refractivity contribution in [1.82, 2.24) is 15.4 Å². The van der Waals surface area contributed by atoms with Gasteiger partial charge in [-0.05, 0) is 46.9 Å². The molecule has 32 heavy (non-hydrogen) atoms. The molecule has 2 heterocycles. The summed E-state index contributed by atoms with van der Waals surface area (Å²) in [5, 5.41) is 1.91. The molecule has 2 aliphatic rings. The lowest BCUT2D eigenvalue weighted by Crippen LogP contribution is -2.35. The van der Waals surface area contributed by atoms with E-state index in [0.717, 1.165) is 36.0 Å². The van der Waals surface area contributed by atoms with E-state index in [9.17, 15) is 4.79 Å². The lowest BCUT2D eigenvalue weighted by Gasteiger charge is -2.39. The third kappa shape index (κ3) is 3.61. The third-order valence-electron chi connectivity index (χ3n) is 6.88. The number of nitrogens with two attached hydrogens (primary N) is 1. The standard InChI is InChI=1S/C25H30N6O/c1-24(2)11-17-12-25(3,13-24)14-31(17)22-20(26)21(27-15-28-22)29-30-23(32)19-10-6-8-16-7-4-5-9-18(16)19/h4-10,15,17H,11-14,26H2,1-3H3,(H,30,32)(H,27,28,29). The molecule has 2 bridgehead atoms. The van der Waals surface area contributed by atoms with Gasteiger partial charge >= 0.3 is 0 Å². The minimum atomic E-state index is -0.243. The van der Waals surface area contributed by atoms with E-state index in [2.05, 4.69) is 46.5 Å². The second kappa shape index (κ2) is 7.36. The Morgan fingerprint density at radius 3 is 2.72 bits per heavy atom. The number of nitrogen functional groups attached to an aromatic ring is 1. The summed E-state index contributed by atoms with van der Waals surface area (Å²) in [6.45, 7) is 7.99. The van der Waals surface area contributed by atoms with Gasteiger partial charge in [0, 0.05) is 18.2 Å². The maximum Gasteiger partial charge on any atom is 0.270 e. The van der Waals surface area contributed by atoms with Crippen LogP contribution in [-0.4, -0.2) is 28.5 Å². The van der Waals surface area contributed by atoms with Gasteiger partial charge in [0.05, 0.1) is 0 Å². The van der Waals surface area contributed by atoms with Crippen molar-refractivity contribution in [2.24, 2.45) is 10.8 Å². The van der Waals surface area contributed by atoms with Crippen LogP contribution in [0.5, 0.6) is 0 Å². The van der Waals surface area contributed by atoms with Crippen LogP contribution in [0.4, 0.5) is 17.3 Å². The normalized spacial score (nSPS) is 23.8. The van der Waals surface area contributed by atoms with Crippen LogP contribution in [-0.2, 0) is 0 Å². The van der Waals surface area contributed by atoms with Crippen LogP contribution in [0.2, 0.25) is 0 Å². The number of amides is 1. The predicted octanol–water partition coefficient (Wildman–Crippen LogP) is 4.37. The molecule has 1 aromatic heterocycles. The predicted molar refractivity (Wildman–Crippen MR) is 128 cm³/mol. The van der Waals surface area contributed by atoms with E-state index in [4.69, 9.17) is 5.73 Å². The van der Waals surface area contributed by atoms with Crippen LogP contribution in [0.3, 0.4) is 0 Å². The van der Waals surface area contributed by atoms with Gasteiger partial charge in [-0.1, -0.05) is 57.2 Å². The van der Waals surface area contributed by atoms with E-state index in [1.165, 1.54) is 12.7 Å². The highest BCUT2D eigenvalue weighted by molar-refractivity contribution is 6.07. The zero-order valence-corrected chi connectivity index (χ0v) is 18.9. The van der Waals surface area contributed by atoms with Crippen LogP contribution in [0.1, 0.15) is 50.4 Å². The van der Waals surface area contributed by atoms with Crippen molar-refractivity contribution in [3.05, 3.63) is 54.4 Å². The molecule has 0 spiro atoms. The quantitative estimate of drug-likeness (QED) is 0.532. The number of nitrogens with one attached hydrogen (secondary N) is 2. The molecule has 1 saturated heterocycles. The number of carbonyl (C=O) groups excluding carboxylic acids is 1. The molecule has 1 saturated carbocycles. The number of hydrogen-bond donors (Lipinski definition) is 3. The van der Waals surface area contributed by atoms with Crippen molar-refractivity contribution >= 4 is 34.0 Å². The Kier molecular flexibility index (Phi) is 4.73. The van der Waals surface area contributed by atoms with Crippen molar-refractivity contribution in [2.45, 2.75) is 46.1 Å². The molecule has 2 fully saturated rings. The smallest absolute Gasteiger partial charge is 0.270 e. The summed E-state index contributed by atoms with van der Waals surface area (Å²) in [5.41, 5.74) is 13.8. The zero-order valence-electron chi connectivity index (χ0n) is 18.9. The van der Waals surface area contributed by atoms with Crippen LogP contribution in [0.25, 0.3) is 10.8 Å². The fourth-order valence-electron chi connectivity index (χ4n) is 6.03. The highest BCUT2D eigenvalue weighted by atomic mass is 16.2. The third-order valence-corrected chi connectivity index (χ3v) is 6.88. The molecular weight excluding hydrogens is 400 g/mol. The van der Waals surface area contributed by atoms with E-state index in [1.807, 2.05) is 36.4 Å². The fraction of sp³-hybridized carbons (Fsp3) is 0.400. The molecular formula is C25H30N6O. The highest BCUT2D eigenvalue weighted by Gasteiger charge is 2.50. The van der Waals surface area contributed by atoms with Crippen LogP contribution in [0.15, 0.2) is 48.8 Å². The van der Waals surface area contributed by atoms with Crippen molar-refractivity contribution < 1.29 is 4.79 Å². The van der Waals surface area contributed by atoms with Gasteiger partial charge in [0.15, 0.2) is 11.6 Å². The Labute approximate surface area is 188 Å². The molecule has 2 unspecified atom stereocenters. The van der Waals surface area contributed by atoms with Gasteiger partial charge in [-0.2, -0.15) is 0 Å². The maximum absolute atomic E-state index is 12.9. The summed E-state index contributed by atoms with van der Waals surface area (Å²) in [6, 6.07) is 13.9. The molecule has 166 valence electrons. The van der Waals surface area contributed by atoms with E-state index in [1.54, 1.807) is 6.07 Å². The van der Waals surface area contributed by atoms with Gasteiger partial charge in [0.2, 0.25) is 0 Å². The van der Waals surface area contributed by atoms with Crippen molar-refractivity contribution in [1.29, 1.82) is 0 Å². The minimum Gasteiger partial charge on any atom is -0.393 e. The molecule has 0 radical (unpaired) electrons. The molecule has 4 N–H and O–H groups in total. The molecule has 7 heteroatoms. The van der Waals surface area contributed by atoms with Gasteiger partial charge in [-0.15, -0.1) is 0 Å². The maximum atomic E-state index is 12.9.